The lowest BCUT2D eigenvalue weighted by Gasteiger charge is -2.10. The van der Waals surface area contributed by atoms with Crippen molar-refractivity contribution in [1.29, 1.82) is 0 Å². The lowest BCUT2D eigenvalue weighted by molar-refractivity contribution is -0.143. The summed E-state index contributed by atoms with van der Waals surface area (Å²) in [6.45, 7) is 3.50. The van der Waals surface area contributed by atoms with Crippen molar-refractivity contribution in [2.75, 3.05) is 0 Å². The summed E-state index contributed by atoms with van der Waals surface area (Å²) >= 11 is 5.83. The zero-order valence-electron chi connectivity index (χ0n) is 8.45. The Morgan fingerprint density at radius 2 is 2.07 bits per heavy atom. The maximum Gasteiger partial charge on any atom is 0.343 e. The molecule has 0 spiro atoms. The highest BCUT2D eigenvalue weighted by Gasteiger charge is 2.70. The predicted octanol–water partition coefficient (Wildman–Crippen LogP) is 2.43. The minimum absolute atomic E-state index is 0.513. The summed E-state index contributed by atoms with van der Waals surface area (Å²) < 4.78 is 5.34. The number of hydrogen-bond donors (Lipinski definition) is 1. The van der Waals surface area contributed by atoms with E-state index in [4.69, 9.17) is 16.3 Å². The van der Waals surface area contributed by atoms with Crippen molar-refractivity contribution in [1.82, 2.24) is 0 Å². The van der Waals surface area contributed by atoms with Crippen molar-refractivity contribution < 1.29 is 14.6 Å². The normalized spacial score (nSPS) is 27.4. The second-order valence-electron chi connectivity index (χ2n) is 4.11. The topological polar surface area (TPSA) is 49.8 Å². The largest absolute Gasteiger partial charge is 0.479 e. The Morgan fingerprint density at radius 1 is 1.47 bits per heavy atom. The van der Waals surface area contributed by atoms with Crippen LogP contribution in [0.3, 0.4) is 0 Å². The Hall–Kier alpha value is -1.06. The minimum Gasteiger partial charge on any atom is -0.479 e. The van der Waals surface area contributed by atoms with Crippen molar-refractivity contribution in [2.24, 2.45) is 0 Å². The van der Waals surface area contributed by atoms with Crippen LogP contribution < -0.4 is 0 Å². The monoisotopic (exact) mass is 226 g/mol. The van der Waals surface area contributed by atoms with E-state index in [1.54, 1.807) is 38.1 Å². The van der Waals surface area contributed by atoms with Gasteiger partial charge in [0, 0.05) is 5.02 Å². The number of carbonyl (C=O) groups is 1. The maximum absolute atomic E-state index is 11.2. The smallest absolute Gasteiger partial charge is 0.343 e. The molecule has 0 radical (unpaired) electrons. The molecule has 3 nitrogen and oxygen atoms in total. The first-order valence-electron chi connectivity index (χ1n) is 4.60. The SMILES string of the molecule is CC1(C)OC1(C(=O)O)c1cccc(Cl)c1. The van der Waals surface area contributed by atoms with Gasteiger partial charge in [0.1, 0.15) is 5.60 Å². The van der Waals surface area contributed by atoms with E-state index in [1.165, 1.54) is 0 Å². The van der Waals surface area contributed by atoms with Crippen LogP contribution in [0.1, 0.15) is 19.4 Å². The standard InChI is InChI=1S/C11H11ClO3/c1-10(2)11(15-10,9(13)14)7-4-3-5-8(12)6-7/h3-6H,1-2H3,(H,13,14). The number of epoxide rings is 1. The molecule has 0 saturated carbocycles. The van der Waals surface area contributed by atoms with Crippen molar-refractivity contribution in [2.45, 2.75) is 25.0 Å². The Balaban J connectivity index is 2.50. The number of hydrogen-bond acceptors (Lipinski definition) is 2. The third-order valence-electron chi connectivity index (χ3n) is 2.75. The number of ether oxygens (including phenoxy) is 1. The van der Waals surface area contributed by atoms with Gasteiger partial charge in [-0.1, -0.05) is 23.7 Å². The van der Waals surface area contributed by atoms with Crippen molar-refractivity contribution in [3.05, 3.63) is 34.9 Å². The van der Waals surface area contributed by atoms with Crippen LogP contribution in [0.25, 0.3) is 0 Å². The van der Waals surface area contributed by atoms with Gasteiger partial charge in [-0.2, -0.15) is 0 Å². The Morgan fingerprint density at radius 3 is 2.47 bits per heavy atom. The van der Waals surface area contributed by atoms with E-state index < -0.39 is 17.2 Å². The lowest BCUT2D eigenvalue weighted by atomic mass is 9.88. The number of rotatable bonds is 2. The average molecular weight is 227 g/mol. The van der Waals surface area contributed by atoms with Gasteiger partial charge >= 0.3 is 5.97 Å². The highest BCUT2D eigenvalue weighted by atomic mass is 35.5. The van der Waals surface area contributed by atoms with E-state index in [-0.39, 0.29) is 0 Å². The van der Waals surface area contributed by atoms with Crippen LogP contribution in [-0.2, 0) is 15.1 Å². The van der Waals surface area contributed by atoms with Gasteiger partial charge in [-0.15, -0.1) is 0 Å². The zero-order chi connectivity index (χ0) is 11.3. The molecule has 1 saturated heterocycles. The molecule has 1 fully saturated rings. The zero-order valence-corrected chi connectivity index (χ0v) is 9.21. The fourth-order valence-electron chi connectivity index (χ4n) is 1.90. The summed E-state index contributed by atoms with van der Waals surface area (Å²) in [4.78, 5) is 11.2. The van der Waals surface area contributed by atoms with Crippen molar-refractivity contribution in [3.63, 3.8) is 0 Å². The van der Waals surface area contributed by atoms with Crippen LogP contribution in [0, 0.1) is 0 Å². The highest BCUT2D eigenvalue weighted by molar-refractivity contribution is 6.30. The van der Waals surface area contributed by atoms with Gasteiger partial charge in [-0.25, -0.2) is 4.79 Å². The lowest BCUT2D eigenvalue weighted by Crippen LogP contribution is -2.28. The molecule has 1 aliphatic heterocycles. The van der Waals surface area contributed by atoms with E-state index in [9.17, 15) is 9.90 Å². The van der Waals surface area contributed by atoms with Crippen LogP contribution >= 0.6 is 11.6 Å². The van der Waals surface area contributed by atoms with Crippen LogP contribution in [0.2, 0.25) is 5.02 Å². The van der Waals surface area contributed by atoms with Crippen LogP contribution in [-0.4, -0.2) is 16.7 Å². The van der Waals surface area contributed by atoms with Gasteiger partial charge < -0.3 is 9.84 Å². The van der Waals surface area contributed by atoms with Gasteiger partial charge in [0.25, 0.3) is 0 Å². The third kappa shape index (κ3) is 1.34. The molecule has 1 aromatic carbocycles. The highest BCUT2D eigenvalue weighted by Crippen LogP contribution is 2.55. The molecule has 80 valence electrons. The molecule has 4 heteroatoms. The van der Waals surface area contributed by atoms with Crippen LogP contribution in [0.5, 0.6) is 0 Å². The molecule has 1 aromatic rings. The van der Waals surface area contributed by atoms with Gasteiger partial charge in [0.15, 0.2) is 0 Å². The Labute approximate surface area is 92.6 Å². The first-order valence-corrected chi connectivity index (χ1v) is 4.97. The first kappa shape index (κ1) is 10.5. The van der Waals surface area contributed by atoms with Crippen LogP contribution in [0.15, 0.2) is 24.3 Å². The maximum atomic E-state index is 11.2. The van der Waals surface area contributed by atoms with Gasteiger partial charge in [0.2, 0.25) is 5.60 Å². The number of halogens is 1. The molecule has 0 amide bonds. The summed E-state index contributed by atoms with van der Waals surface area (Å²) in [7, 11) is 0. The molecular weight excluding hydrogens is 216 g/mol. The molecule has 1 unspecified atom stereocenters. The van der Waals surface area contributed by atoms with Gasteiger partial charge in [-0.05, 0) is 31.5 Å². The molecule has 1 N–H and O–H groups in total. The molecule has 15 heavy (non-hydrogen) atoms. The summed E-state index contributed by atoms with van der Waals surface area (Å²) in [5, 5.41) is 9.73. The first-order chi connectivity index (χ1) is 6.90. The van der Waals surface area contributed by atoms with Crippen molar-refractivity contribution in [3.8, 4) is 0 Å². The minimum atomic E-state index is -1.24. The molecule has 0 aliphatic carbocycles. The van der Waals surface area contributed by atoms with E-state index in [2.05, 4.69) is 0 Å². The second-order valence-corrected chi connectivity index (χ2v) is 4.55. The Kier molecular flexibility index (Phi) is 2.07. The Bertz CT molecular complexity index is 428. The van der Waals surface area contributed by atoms with E-state index in [1.807, 2.05) is 0 Å². The molecular formula is C11H11ClO3. The molecule has 2 rings (SSSR count). The second kappa shape index (κ2) is 2.97. The molecule has 1 atom stereocenters. The molecule has 1 aliphatic rings. The summed E-state index contributed by atoms with van der Waals surface area (Å²) in [6, 6.07) is 6.77. The average Bonchev–Trinajstić information content (AvgIpc) is 2.71. The summed E-state index contributed by atoms with van der Waals surface area (Å²) in [5.41, 5.74) is -1.32. The number of carboxylic acid groups (broad SMARTS) is 1. The molecule has 0 bridgehead atoms. The molecule has 0 aromatic heterocycles. The number of aliphatic carboxylic acids is 1. The predicted molar refractivity (Wildman–Crippen MR) is 55.9 cm³/mol. The number of carboxylic acids is 1. The quantitative estimate of drug-likeness (QED) is 0.788. The van der Waals surface area contributed by atoms with E-state index >= 15 is 0 Å². The third-order valence-corrected chi connectivity index (χ3v) is 2.98. The van der Waals surface area contributed by atoms with Crippen molar-refractivity contribution >= 4 is 17.6 Å². The number of benzene rings is 1. The summed E-state index contributed by atoms with van der Waals surface area (Å²) in [5.74, 6) is -0.977. The van der Waals surface area contributed by atoms with E-state index in [0.717, 1.165) is 0 Å². The molecule has 1 heterocycles. The van der Waals surface area contributed by atoms with E-state index in [0.29, 0.717) is 10.6 Å². The fraction of sp³-hybridized carbons (Fsp3) is 0.364. The fourth-order valence-corrected chi connectivity index (χ4v) is 2.09. The van der Waals surface area contributed by atoms with Gasteiger partial charge in [0.05, 0.1) is 0 Å². The summed E-state index contributed by atoms with van der Waals surface area (Å²) in [6.07, 6.45) is 0. The van der Waals surface area contributed by atoms with Gasteiger partial charge in [-0.3, -0.25) is 0 Å². The van der Waals surface area contributed by atoms with Crippen LogP contribution in [0.4, 0.5) is 0 Å².